The topological polar surface area (TPSA) is 207 Å². The molecule has 0 atom stereocenters. The minimum atomic E-state index is -0.532. The third kappa shape index (κ3) is 16.5. The highest BCUT2D eigenvalue weighted by atomic mass is 16.1. The summed E-state index contributed by atoms with van der Waals surface area (Å²) in [6.07, 6.45) is 6.24. The average molecular weight is 758 g/mol. The first-order valence-corrected chi connectivity index (χ1v) is 16.6. The molecule has 0 aromatic carbocycles. The largest absolute Gasteiger partial charge is 0.392 e. The molecule has 0 bridgehead atoms. The molecule has 302 valence electrons. The zero-order valence-corrected chi connectivity index (χ0v) is 33.4. The van der Waals surface area contributed by atoms with E-state index < -0.39 is 5.91 Å². The van der Waals surface area contributed by atoms with Crippen LogP contribution in [0.3, 0.4) is 0 Å². The first-order valence-electron chi connectivity index (χ1n) is 16.6. The summed E-state index contributed by atoms with van der Waals surface area (Å²) < 4.78 is 0. The van der Waals surface area contributed by atoms with E-state index in [1.165, 1.54) is 18.1 Å². The number of carbonyl (C=O) groups is 1. The summed E-state index contributed by atoms with van der Waals surface area (Å²) in [7, 11) is 0. The van der Waals surface area contributed by atoms with Gasteiger partial charge in [-0.3, -0.25) is 14.8 Å². The fourth-order valence-electron chi connectivity index (χ4n) is 4.59. The van der Waals surface area contributed by atoms with Crippen LogP contribution < -0.4 is 17.2 Å². The molecule has 4 rings (SSSR count). The highest BCUT2D eigenvalue weighted by molar-refractivity contribution is 5.94. The third-order valence-electron chi connectivity index (χ3n) is 6.98. The van der Waals surface area contributed by atoms with Crippen LogP contribution in [-0.2, 0) is 21.7 Å². The minimum absolute atomic E-state index is 0. The van der Waals surface area contributed by atoms with Gasteiger partial charge in [-0.1, -0.05) is 105 Å². The molecule has 6 N–H and O–H groups in total. The van der Waals surface area contributed by atoms with Crippen molar-refractivity contribution < 1.29 is 4.79 Å². The van der Waals surface area contributed by atoms with Crippen molar-refractivity contribution in [2.24, 2.45) is 5.73 Å². The van der Waals surface area contributed by atoms with Crippen LogP contribution in [0.25, 0.3) is 9.69 Å². The highest BCUT2D eigenvalue weighted by Gasteiger charge is 2.24. The maximum atomic E-state index is 11.1. The molecule has 0 unspecified atom stereocenters. The van der Waals surface area contributed by atoms with Crippen molar-refractivity contribution in [2.45, 2.75) is 148 Å². The SMILES string of the molecule is C.C.C.CC(C)(C)c1nc(N)ncc1C(N)=O.Cc1ncc(C)c(C(C)(C)C)n1.[C-]#[N+]c1c(N)ncnc1C(C)(C)C.[C-]#[N+]c1cnc(C)nc1C(C)(C)C. The van der Waals surface area contributed by atoms with E-state index in [1.807, 2.05) is 82.4 Å². The summed E-state index contributed by atoms with van der Waals surface area (Å²) in [5.74, 6) is 1.45. The molecule has 55 heavy (non-hydrogen) atoms. The molecule has 4 aromatic heterocycles. The number of aryl methyl sites for hydroxylation is 3. The number of amides is 1. The van der Waals surface area contributed by atoms with Gasteiger partial charge in [-0.25, -0.2) is 39.6 Å². The van der Waals surface area contributed by atoms with Gasteiger partial charge in [0.25, 0.3) is 5.91 Å². The number of nitrogens with zero attached hydrogens (tertiary/aromatic N) is 10. The number of aromatic nitrogens is 8. The Balaban J connectivity index is -0.000000645. The van der Waals surface area contributed by atoms with Gasteiger partial charge in [-0.15, -0.1) is 0 Å². The van der Waals surface area contributed by atoms with Gasteiger partial charge < -0.3 is 17.2 Å². The monoisotopic (exact) mass is 758 g/mol. The van der Waals surface area contributed by atoms with Crippen molar-refractivity contribution >= 4 is 29.0 Å². The van der Waals surface area contributed by atoms with Crippen LogP contribution in [0.2, 0.25) is 0 Å². The summed E-state index contributed by atoms with van der Waals surface area (Å²) >= 11 is 0. The fraction of sp³-hybridized carbons (Fsp3) is 0.537. The second kappa shape index (κ2) is 21.3. The molecular formula is C41H67N13O. The van der Waals surface area contributed by atoms with Crippen LogP contribution in [0, 0.1) is 33.9 Å². The lowest BCUT2D eigenvalue weighted by Gasteiger charge is -2.19. The smallest absolute Gasteiger partial charge is 0.252 e. The van der Waals surface area contributed by atoms with E-state index in [4.69, 9.17) is 30.3 Å². The molecule has 0 aliphatic heterocycles. The Kier molecular flexibility index (Phi) is 20.8. The van der Waals surface area contributed by atoms with E-state index in [-0.39, 0.29) is 55.7 Å². The van der Waals surface area contributed by atoms with Crippen LogP contribution in [0.4, 0.5) is 23.1 Å². The molecule has 1 amide bonds. The Morgan fingerprint density at radius 2 is 1.04 bits per heavy atom. The molecule has 14 nitrogen and oxygen atoms in total. The molecule has 4 aromatic rings. The minimum Gasteiger partial charge on any atom is -0.392 e. The van der Waals surface area contributed by atoms with E-state index in [0.29, 0.717) is 28.3 Å². The maximum Gasteiger partial charge on any atom is 0.252 e. The standard InChI is InChI=1S/C10H13N3.C10H16N2.C9H14N4O.C9H12N4.3CH4/c1-7-12-6-8(11-5)9(13-7)10(2,3)4;1-7-6-11-8(2)12-9(7)10(3,4)5;1-9(2,3)6-5(7(10)14)4-12-8(11)13-6;1-9(2,3)7-6(11-4)8(10)13-5-12-7;;;/h6H,1-4H3;6H,1-5H3;4H,1-3H3,(H2,10,14)(H2,11,12,13);5H,1-3H3,(H2,10,12,13);3*1H4. The van der Waals surface area contributed by atoms with Gasteiger partial charge in [0, 0.05) is 29.4 Å². The summed E-state index contributed by atoms with van der Waals surface area (Å²) in [6.45, 7) is 44.2. The van der Waals surface area contributed by atoms with E-state index >= 15 is 0 Å². The Morgan fingerprint density at radius 1 is 0.582 bits per heavy atom. The Labute approximate surface area is 331 Å². The number of rotatable bonds is 1. The second-order valence-electron chi connectivity index (χ2n) is 16.1. The van der Waals surface area contributed by atoms with Crippen molar-refractivity contribution in [3.05, 3.63) is 93.3 Å². The lowest BCUT2D eigenvalue weighted by atomic mass is 9.89. The van der Waals surface area contributed by atoms with Crippen LogP contribution in [0.15, 0.2) is 24.9 Å². The second-order valence-corrected chi connectivity index (χ2v) is 16.1. The third-order valence-corrected chi connectivity index (χ3v) is 6.98. The number of primary amides is 1. The van der Waals surface area contributed by atoms with Gasteiger partial charge in [0.15, 0.2) is 0 Å². The number of nitrogen functional groups attached to an aromatic ring is 2. The van der Waals surface area contributed by atoms with Gasteiger partial charge >= 0.3 is 0 Å². The van der Waals surface area contributed by atoms with E-state index in [0.717, 1.165) is 23.0 Å². The molecule has 14 heteroatoms. The molecule has 0 saturated heterocycles. The number of anilines is 2. The maximum absolute atomic E-state index is 11.1. The molecule has 0 aliphatic rings. The molecule has 4 heterocycles. The number of hydrogen-bond donors (Lipinski definition) is 3. The van der Waals surface area contributed by atoms with Gasteiger partial charge in [-0.2, -0.15) is 0 Å². The lowest BCUT2D eigenvalue weighted by Crippen LogP contribution is -2.24. The summed E-state index contributed by atoms with van der Waals surface area (Å²) in [5.41, 5.74) is 21.5. The molecule has 0 fully saturated rings. The van der Waals surface area contributed by atoms with Crippen molar-refractivity contribution in [3.63, 3.8) is 0 Å². The van der Waals surface area contributed by atoms with Gasteiger partial charge in [0.1, 0.15) is 23.8 Å². The van der Waals surface area contributed by atoms with Crippen molar-refractivity contribution in [3.8, 4) is 0 Å². The Hall–Kier alpha value is -5.63. The molecule has 0 spiro atoms. The zero-order valence-electron chi connectivity index (χ0n) is 33.4. The van der Waals surface area contributed by atoms with Gasteiger partial charge in [-0.05, 0) is 37.2 Å². The normalized spacial score (nSPS) is 10.6. The summed E-state index contributed by atoms with van der Waals surface area (Å²) in [6, 6.07) is 0. The zero-order chi connectivity index (χ0) is 40.4. The first kappa shape index (κ1) is 53.7. The van der Waals surface area contributed by atoms with Crippen LogP contribution in [0.1, 0.15) is 156 Å². The van der Waals surface area contributed by atoms with Crippen molar-refractivity contribution in [1.82, 2.24) is 39.9 Å². The van der Waals surface area contributed by atoms with Gasteiger partial charge in [0.05, 0.1) is 41.5 Å². The molecule has 0 saturated carbocycles. The molecule has 0 aliphatic carbocycles. The summed E-state index contributed by atoms with van der Waals surface area (Å²) in [5, 5.41) is 0. The van der Waals surface area contributed by atoms with Crippen LogP contribution in [-0.4, -0.2) is 45.8 Å². The van der Waals surface area contributed by atoms with Crippen LogP contribution in [0.5, 0.6) is 0 Å². The van der Waals surface area contributed by atoms with Crippen LogP contribution >= 0.6 is 0 Å². The van der Waals surface area contributed by atoms with Crippen molar-refractivity contribution in [2.75, 3.05) is 11.5 Å². The van der Waals surface area contributed by atoms with E-state index in [9.17, 15) is 4.79 Å². The predicted octanol–water partition coefficient (Wildman–Crippen LogP) is 9.29. The predicted molar refractivity (Wildman–Crippen MR) is 227 cm³/mol. The summed E-state index contributed by atoms with van der Waals surface area (Å²) in [4.78, 5) is 50.3. The quantitative estimate of drug-likeness (QED) is 0.156. The fourth-order valence-corrected chi connectivity index (χ4v) is 4.59. The number of carbonyl (C=O) groups excluding carboxylic acids is 1. The highest BCUT2D eigenvalue weighted by Crippen LogP contribution is 2.32. The first-order chi connectivity index (χ1) is 23.6. The Bertz CT molecular complexity index is 1920. The Morgan fingerprint density at radius 3 is 1.42 bits per heavy atom. The number of nitrogens with two attached hydrogens (primary N) is 3. The van der Waals surface area contributed by atoms with Crippen molar-refractivity contribution in [1.29, 1.82) is 0 Å². The number of hydrogen-bond acceptors (Lipinski definition) is 11. The lowest BCUT2D eigenvalue weighted by molar-refractivity contribution is 0.0997. The molecule has 0 radical (unpaired) electrons. The van der Waals surface area contributed by atoms with Gasteiger partial charge in [0.2, 0.25) is 17.3 Å². The average Bonchev–Trinajstić information content (AvgIpc) is 3.01. The molecular weight excluding hydrogens is 691 g/mol. The van der Waals surface area contributed by atoms with E-state index in [1.54, 1.807) is 6.20 Å². The van der Waals surface area contributed by atoms with E-state index in [2.05, 4.69) is 77.3 Å².